The smallest absolute Gasteiger partial charge is 0.260 e. The quantitative estimate of drug-likeness (QED) is 0.406. The summed E-state index contributed by atoms with van der Waals surface area (Å²) >= 11 is 12.5. The number of hydrogen-bond acceptors (Lipinski definition) is 3. The van der Waals surface area contributed by atoms with Crippen LogP contribution in [-0.4, -0.2) is 28.6 Å². The van der Waals surface area contributed by atoms with E-state index >= 15 is 0 Å². The van der Waals surface area contributed by atoms with Crippen molar-refractivity contribution in [2.75, 3.05) is 13.6 Å². The van der Waals surface area contributed by atoms with Crippen LogP contribution in [0.5, 0.6) is 5.75 Å². The fourth-order valence-electron chi connectivity index (χ4n) is 4.64. The highest BCUT2D eigenvalue weighted by molar-refractivity contribution is 6.39. The van der Waals surface area contributed by atoms with Crippen molar-refractivity contribution in [3.05, 3.63) is 97.8 Å². The number of halogens is 2. The van der Waals surface area contributed by atoms with Crippen LogP contribution in [0.25, 0.3) is 22.0 Å². The van der Waals surface area contributed by atoms with Crippen molar-refractivity contribution in [1.82, 2.24) is 9.88 Å². The summed E-state index contributed by atoms with van der Waals surface area (Å²) in [5, 5.41) is 12.2. The maximum atomic E-state index is 13.1. The first-order valence-corrected chi connectivity index (χ1v) is 10.8. The molecule has 156 valence electrons. The van der Waals surface area contributed by atoms with Gasteiger partial charge in [0, 0.05) is 24.0 Å². The molecule has 4 aromatic rings. The molecule has 0 bridgehead atoms. The summed E-state index contributed by atoms with van der Waals surface area (Å²) in [5.41, 5.74) is 4.42. The van der Waals surface area contributed by atoms with Gasteiger partial charge in [-0.05, 0) is 41.4 Å². The van der Waals surface area contributed by atoms with Crippen molar-refractivity contribution in [3.8, 4) is 16.9 Å². The van der Waals surface area contributed by atoms with Crippen molar-refractivity contribution in [1.29, 1.82) is 0 Å². The van der Waals surface area contributed by atoms with E-state index in [4.69, 9.17) is 23.2 Å². The van der Waals surface area contributed by atoms with Gasteiger partial charge in [0.1, 0.15) is 5.75 Å². The number of fused-ring (bicyclic) bond motifs is 2. The predicted molar refractivity (Wildman–Crippen MR) is 126 cm³/mol. The molecule has 1 unspecified atom stereocenters. The zero-order chi connectivity index (χ0) is 21.7. The average Bonchev–Trinajstić information content (AvgIpc) is 2.73. The molecule has 0 saturated heterocycles. The van der Waals surface area contributed by atoms with Crippen LogP contribution in [0.4, 0.5) is 0 Å². The molecule has 1 aromatic heterocycles. The highest BCUT2D eigenvalue weighted by atomic mass is 35.5. The molecule has 2 heterocycles. The molecule has 2 N–H and O–H groups in total. The Labute approximate surface area is 189 Å². The highest BCUT2D eigenvalue weighted by Crippen LogP contribution is 2.42. The Morgan fingerprint density at radius 1 is 1.06 bits per heavy atom. The third-order valence-corrected chi connectivity index (χ3v) is 6.50. The summed E-state index contributed by atoms with van der Waals surface area (Å²) in [6, 6.07) is 19.5. The van der Waals surface area contributed by atoms with Crippen LogP contribution < -0.4 is 5.56 Å². The molecule has 0 spiro atoms. The minimum atomic E-state index is -0.374. The van der Waals surface area contributed by atoms with Crippen molar-refractivity contribution in [2.24, 2.45) is 0 Å². The molecular weight excluding hydrogens is 431 g/mol. The van der Waals surface area contributed by atoms with E-state index in [9.17, 15) is 9.90 Å². The van der Waals surface area contributed by atoms with Crippen molar-refractivity contribution in [3.63, 3.8) is 0 Å². The van der Waals surface area contributed by atoms with E-state index < -0.39 is 0 Å². The first-order valence-electron chi connectivity index (χ1n) is 10.0. The Bertz CT molecular complexity index is 1370. The summed E-state index contributed by atoms with van der Waals surface area (Å²) in [5.74, 6) is 0.0530. The first-order chi connectivity index (χ1) is 14.9. The Kier molecular flexibility index (Phi) is 5.01. The number of nitrogens with one attached hydrogen (secondary N) is 1. The fourth-order valence-corrected chi connectivity index (χ4v) is 5.22. The summed E-state index contributed by atoms with van der Waals surface area (Å²) in [6.45, 7) is 1.56. The molecule has 4 nitrogen and oxygen atoms in total. The van der Waals surface area contributed by atoms with Gasteiger partial charge in [-0.25, -0.2) is 0 Å². The number of rotatable bonds is 2. The molecule has 0 radical (unpaired) electrons. The van der Waals surface area contributed by atoms with Gasteiger partial charge in [-0.1, -0.05) is 71.7 Å². The molecule has 1 atom stereocenters. The van der Waals surface area contributed by atoms with Crippen LogP contribution in [0.15, 0.2) is 65.5 Å². The zero-order valence-electron chi connectivity index (χ0n) is 16.8. The van der Waals surface area contributed by atoms with Crippen LogP contribution in [0, 0.1) is 0 Å². The second kappa shape index (κ2) is 7.72. The molecule has 0 amide bonds. The molecule has 0 aliphatic carbocycles. The van der Waals surface area contributed by atoms with Gasteiger partial charge >= 0.3 is 0 Å². The van der Waals surface area contributed by atoms with Crippen molar-refractivity contribution in [2.45, 2.75) is 12.5 Å². The van der Waals surface area contributed by atoms with Crippen LogP contribution in [0.3, 0.4) is 0 Å². The number of hydrogen-bond donors (Lipinski definition) is 2. The van der Waals surface area contributed by atoms with E-state index in [0.29, 0.717) is 27.5 Å². The lowest BCUT2D eigenvalue weighted by Crippen LogP contribution is -2.31. The number of aromatic amines is 1. The topological polar surface area (TPSA) is 56.3 Å². The minimum absolute atomic E-state index is 0.127. The van der Waals surface area contributed by atoms with Gasteiger partial charge in [-0.2, -0.15) is 0 Å². The number of likely N-dealkylation sites (N-methyl/N-ethyl adjacent to an activating group) is 1. The van der Waals surface area contributed by atoms with Gasteiger partial charge in [0.2, 0.25) is 0 Å². The molecule has 31 heavy (non-hydrogen) atoms. The number of pyridine rings is 1. The molecular formula is C25H20Cl2N2O2. The van der Waals surface area contributed by atoms with E-state index in [1.165, 1.54) is 11.1 Å². The standard InChI is InChI=1S/C25H20Cl2N2O2/c1-29-12-18(14-6-3-2-4-7-14)16-8-5-9-17(19(16)13-29)22-24(30)23-20(27)10-15(26)11-21(23)28-25(22)31/h2-11,18H,12-13H2,1H3,(H2,28,30,31). The molecule has 5 rings (SSSR count). The van der Waals surface area contributed by atoms with Gasteiger partial charge in [0.15, 0.2) is 0 Å². The third-order valence-electron chi connectivity index (χ3n) is 5.99. The van der Waals surface area contributed by atoms with Crippen molar-refractivity contribution >= 4 is 34.1 Å². The van der Waals surface area contributed by atoms with Crippen LogP contribution in [0.1, 0.15) is 22.6 Å². The van der Waals surface area contributed by atoms with Gasteiger partial charge < -0.3 is 15.0 Å². The number of benzene rings is 3. The van der Waals surface area contributed by atoms with Crippen molar-refractivity contribution < 1.29 is 5.11 Å². The third kappa shape index (κ3) is 3.41. The summed E-state index contributed by atoms with van der Waals surface area (Å²) in [7, 11) is 2.07. The number of aromatic hydroxyl groups is 1. The Hall–Kier alpha value is -2.79. The van der Waals surface area contributed by atoms with E-state index in [1.54, 1.807) is 12.1 Å². The van der Waals surface area contributed by atoms with Crippen LogP contribution in [0.2, 0.25) is 10.0 Å². The van der Waals surface area contributed by atoms with E-state index in [-0.39, 0.29) is 22.8 Å². The SMILES string of the molecule is CN1Cc2c(-c3c(O)c4c(Cl)cc(Cl)cc4[nH]c3=O)cccc2C(c2ccccc2)C1. The maximum absolute atomic E-state index is 13.1. The summed E-state index contributed by atoms with van der Waals surface area (Å²) in [6.07, 6.45) is 0. The zero-order valence-corrected chi connectivity index (χ0v) is 18.3. The molecule has 3 aromatic carbocycles. The van der Waals surface area contributed by atoms with E-state index in [0.717, 1.165) is 17.7 Å². The second-order valence-electron chi connectivity index (χ2n) is 8.02. The average molecular weight is 451 g/mol. The Balaban J connectivity index is 1.77. The van der Waals surface area contributed by atoms with Crippen LogP contribution in [-0.2, 0) is 6.54 Å². The fraction of sp³-hybridized carbons (Fsp3) is 0.160. The van der Waals surface area contributed by atoms with E-state index in [1.807, 2.05) is 30.3 Å². The maximum Gasteiger partial charge on any atom is 0.260 e. The van der Waals surface area contributed by atoms with Gasteiger partial charge in [0.05, 0.1) is 21.5 Å². The molecule has 0 fully saturated rings. The van der Waals surface area contributed by atoms with Crippen LogP contribution >= 0.6 is 23.2 Å². The molecule has 0 saturated carbocycles. The monoisotopic (exact) mass is 450 g/mol. The second-order valence-corrected chi connectivity index (χ2v) is 8.86. The highest BCUT2D eigenvalue weighted by Gasteiger charge is 2.28. The lowest BCUT2D eigenvalue weighted by molar-refractivity contribution is 0.295. The van der Waals surface area contributed by atoms with Gasteiger partial charge in [0.25, 0.3) is 5.56 Å². The normalized spacial score (nSPS) is 16.4. The lowest BCUT2D eigenvalue weighted by atomic mass is 9.81. The Morgan fingerprint density at radius 3 is 2.61 bits per heavy atom. The minimum Gasteiger partial charge on any atom is -0.506 e. The molecule has 6 heteroatoms. The molecule has 1 aliphatic rings. The predicted octanol–water partition coefficient (Wildman–Crippen LogP) is 5.78. The summed E-state index contributed by atoms with van der Waals surface area (Å²) < 4.78 is 0. The van der Waals surface area contributed by atoms with E-state index in [2.05, 4.69) is 35.1 Å². The number of H-pyrrole nitrogens is 1. The first kappa shape index (κ1) is 20.1. The summed E-state index contributed by atoms with van der Waals surface area (Å²) in [4.78, 5) is 18.2. The van der Waals surface area contributed by atoms with Gasteiger partial charge in [-0.15, -0.1) is 0 Å². The number of aromatic nitrogens is 1. The van der Waals surface area contributed by atoms with Gasteiger partial charge in [-0.3, -0.25) is 4.79 Å². The Morgan fingerprint density at radius 2 is 1.84 bits per heavy atom. The molecule has 1 aliphatic heterocycles. The number of nitrogens with zero attached hydrogens (tertiary/aromatic N) is 1. The largest absolute Gasteiger partial charge is 0.506 e. The lowest BCUT2D eigenvalue weighted by Gasteiger charge is -2.34.